The van der Waals surface area contributed by atoms with E-state index in [4.69, 9.17) is 24.8 Å². The highest BCUT2D eigenvalue weighted by molar-refractivity contribution is 5.75. The zero-order valence-electron chi connectivity index (χ0n) is 19.0. The molecule has 0 aliphatic heterocycles. The molecule has 4 N–H and O–H groups in total. The first kappa shape index (κ1) is 32.9. The maximum absolute atomic E-state index is 10.8. The molecule has 0 heterocycles. The van der Waals surface area contributed by atoms with Crippen LogP contribution in [0.4, 0.5) is 0 Å². The lowest BCUT2D eigenvalue weighted by atomic mass is 10.3. The summed E-state index contributed by atoms with van der Waals surface area (Å²) in [5.74, 6) is -1.90. The van der Waals surface area contributed by atoms with Crippen LogP contribution in [0.1, 0.15) is 60.3 Å². The van der Waals surface area contributed by atoms with Crippen molar-refractivity contribution in [2.75, 3.05) is 39.5 Å². The Hall–Kier alpha value is -1.75. The van der Waals surface area contributed by atoms with Crippen LogP contribution in [0.3, 0.4) is 0 Å². The average Bonchev–Trinajstić information content (AvgIpc) is 2.67. The molecule has 0 saturated heterocycles. The maximum Gasteiger partial charge on any atom is 0.306 e. The minimum Gasteiger partial charge on any atom is -0.550 e. The van der Waals surface area contributed by atoms with Crippen molar-refractivity contribution < 1.29 is 49.2 Å². The summed E-state index contributed by atoms with van der Waals surface area (Å²) in [7, 11) is 0. The first-order valence-electron chi connectivity index (χ1n) is 10.3. The lowest BCUT2D eigenvalue weighted by Crippen LogP contribution is -3.13. The number of carbonyl (C=O) groups is 3. The summed E-state index contributed by atoms with van der Waals surface area (Å²) in [5.41, 5.74) is 0. The molecule has 10 nitrogen and oxygen atoms in total. The summed E-state index contributed by atoms with van der Waals surface area (Å²) in [6.07, 6.45) is 1.19. The summed E-state index contributed by atoms with van der Waals surface area (Å²) < 4.78 is 9.58. The van der Waals surface area contributed by atoms with Crippen molar-refractivity contribution in [1.29, 1.82) is 0 Å². The number of aliphatic hydroxyl groups is 3. The second-order valence-electron chi connectivity index (χ2n) is 6.58. The van der Waals surface area contributed by atoms with Crippen molar-refractivity contribution in [2.45, 2.75) is 72.5 Å². The molecular formula is C20H41NO9. The van der Waals surface area contributed by atoms with Crippen molar-refractivity contribution >= 4 is 17.9 Å². The van der Waals surface area contributed by atoms with Crippen LogP contribution < -0.4 is 10.0 Å². The number of hydrogen-bond acceptors (Lipinski definition) is 9. The van der Waals surface area contributed by atoms with Gasteiger partial charge in [-0.1, -0.05) is 13.8 Å². The van der Waals surface area contributed by atoms with E-state index in [1.807, 2.05) is 20.8 Å². The smallest absolute Gasteiger partial charge is 0.306 e. The lowest BCUT2D eigenvalue weighted by Gasteiger charge is -2.15. The van der Waals surface area contributed by atoms with Crippen LogP contribution in [-0.2, 0) is 23.9 Å². The SMILES string of the molecule is CCC(C)OC(=O)CCC(=O)[O-].CCC(C)OC(C)=O.OCC[NH+](CCO)CCO. The van der Waals surface area contributed by atoms with E-state index in [2.05, 4.69) is 0 Å². The predicted octanol–water partition coefficient (Wildman–Crippen LogP) is -1.95. The largest absolute Gasteiger partial charge is 0.550 e. The Morgan fingerprint density at radius 3 is 1.50 bits per heavy atom. The van der Waals surface area contributed by atoms with Gasteiger partial charge in [0.15, 0.2) is 0 Å². The summed E-state index contributed by atoms with van der Waals surface area (Å²) in [6, 6.07) is 0. The summed E-state index contributed by atoms with van der Waals surface area (Å²) in [4.78, 5) is 32.0. The molecule has 0 aliphatic rings. The van der Waals surface area contributed by atoms with E-state index in [0.29, 0.717) is 19.6 Å². The number of ether oxygens (including phenoxy) is 2. The number of carbonyl (C=O) groups excluding carboxylic acids is 3. The minimum atomic E-state index is -1.23. The fraction of sp³-hybridized carbons (Fsp3) is 0.850. The van der Waals surface area contributed by atoms with Gasteiger partial charge >= 0.3 is 11.9 Å². The van der Waals surface area contributed by atoms with Gasteiger partial charge in [0.2, 0.25) is 0 Å². The van der Waals surface area contributed by atoms with Gasteiger partial charge < -0.3 is 39.6 Å². The monoisotopic (exact) mass is 439 g/mol. The third-order valence-corrected chi connectivity index (χ3v) is 3.78. The molecule has 0 radical (unpaired) electrons. The average molecular weight is 440 g/mol. The molecule has 30 heavy (non-hydrogen) atoms. The van der Waals surface area contributed by atoms with Crippen LogP contribution >= 0.6 is 0 Å². The van der Waals surface area contributed by atoms with Crippen LogP contribution in [0.2, 0.25) is 0 Å². The molecule has 0 aromatic heterocycles. The molecule has 0 bridgehead atoms. The zero-order chi connectivity index (χ0) is 23.9. The van der Waals surface area contributed by atoms with Crippen molar-refractivity contribution in [2.24, 2.45) is 0 Å². The molecule has 0 amide bonds. The van der Waals surface area contributed by atoms with E-state index in [9.17, 15) is 19.5 Å². The number of quaternary nitrogens is 1. The number of esters is 2. The molecule has 2 unspecified atom stereocenters. The fourth-order valence-electron chi connectivity index (χ4n) is 1.79. The van der Waals surface area contributed by atoms with Gasteiger partial charge in [0.25, 0.3) is 0 Å². The normalized spacial score (nSPS) is 11.9. The predicted molar refractivity (Wildman–Crippen MR) is 108 cm³/mol. The van der Waals surface area contributed by atoms with Crippen molar-refractivity contribution in [3.05, 3.63) is 0 Å². The van der Waals surface area contributed by atoms with Crippen LogP contribution in [0, 0.1) is 0 Å². The Kier molecular flexibility index (Phi) is 25.8. The Morgan fingerprint density at radius 1 is 0.833 bits per heavy atom. The van der Waals surface area contributed by atoms with E-state index in [-0.39, 0.29) is 50.8 Å². The Balaban J connectivity index is -0.000000372. The Labute approximate surface area is 179 Å². The standard InChI is InChI=1S/C8H14O4.C6H15NO3.C6H12O2/c1-3-6(2)12-8(11)5-4-7(9)10;8-4-1-7(2-5-9)3-6-10;1-4-5(2)8-6(3)7/h6H,3-5H2,1-2H3,(H,9,10);8-10H,1-6H2;5H,4H2,1-3H3. The molecule has 0 aromatic carbocycles. The van der Waals surface area contributed by atoms with Crippen molar-refractivity contribution in [3.63, 3.8) is 0 Å². The van der Waals surface area contributed by atoms with Crippen molar-refractivity contribution in [1.82, 2.24) is 0 Å². The van der Waals surface area contributed by atoms with Crippen molar-refractivity contribution in [3.8, 4) is 0 Å². The quantitative estimate of drug-likeness (QED) is 0.239. The summed E-state index contributed by atoms with van der Waals surface area (Å²) >= 11 is 0. The maximum atomic E-state index is 10.8. The van der Waals surface area contributed by atoms with Crippen LogP contribution in [0.15, 0.2) is 0 Å². The zero-order valence-corrected chi connectivity index (χ0v) is 19.0. The molecule has 10 heteroatoms. The highest BCUT2D eigenvalue weighted by Crippen LogP contribution is 2.00. The Bertz CT molecular complexity index is 418. The van der Waals surface area contributed by atoms with Gasteiger partial charge in [-0.3, -0.25) is 9.59 Å². The van der Waals surface area contributed by atoms with Crippen LogP contribution in [-0.4, -0.2) is 84.9 Å². The molecule has 0 fully saturated rings. The highest BCUT2D eigenvalue weighted by atomic mass is 16.5. The minimum absolute atomic E-state index is 0.0764. The van der Waals surface area contributed by atoms with Gasteiger partial charge in [-0.15, -0.1) is 0 Å². The highest BCUT2D eigenvalue weighted by Gasteiger charge is 2.06. The first-order valence-corrected chi connectivity index (χ1v) is 10.3. The third-order valence-electron chi connectivity index (χ3n) is 3.78. The number of rotatable bonds is 13. The van der Waals surface area contributed by atoms with Gasteiger partial charge in [0.1, 0.15) is 19.6 Å². The van der Waals surface area contributed by atoms with Crippen LogP contribution in [0.5, 0.6) is 0 Å². The second kappa shape index (κ2) is 23.5. The van der Waals surface area contributed by atoms with Gasteiger partial charge in [0, 0.05) is 12.9 Å². The Morgan fingerprint density at radius 2 is 1.23 bits per heavy atom. The lowest BCUT2D eigenvalue weighted by molar-refractivity contribution is -0.901. The van der Waals surface area contributed by atoms with Gasteiger partial charge in [0.05, 0.1) is 38.4 Å². The second-order valence-corrected chi connectivity index (χ2v) is 6.58. The number of carboxylic acid groups (broad SMARTS) is 1. The molecule has 2 atom stereocenters. The number of hydrogen-bond donors (Lipinski definition) is 4. The molecule has 0 rings (SSSR count). The summed E-state index contributed by atoms with van der Waals surface area (Å²) in [5, 5.41) is 35.5. The van der Waals surface area contributed by atoms with Gasteiger partial charge in [-0.05, 0) is 33.1 Å². The van der Waals surface area contributed by atoms with E-state index in [0.717, 1.165) is 17.7 Å². The molecule has 180 valence electrons. The van der Waals surface area contributed by atoms with Crippen LogP contribution in [0.25, 0.3) is 0 Å². The third kappa shape index (κ3) is 28.5. The molecule has 0 saturated carbocycles. The van der Waals surface area contributed by atoms with E-state index < -0.39 is 11.9 Å². The topological polar surface area (TPSA) is 158 Å². The fourth-order valence-corrected chi connectivity index (χ4v) is 1.79. The van der Waals surface area contributed by atoms with E-state index in [1.165, 1.54) is 6.92 Å². The number of nitrogens with one attached hydrogen (secondary N) is 1. The first-order chi connectivity index (χ1) is 14.1. The molecular weight excluding hydrogens is 398 g/mol. The van der Waals surface area contributed by atoms with E-state index >= 15 is 0 Å². The van der Waals surface area contributed by atoms with Gasteiger partial charge in [-0.25, -0.2) is 0 Å². The number of carboxylic acids is 1. The number of aliphatic hydroxyl groups excluding tert-OH is 3. The van der Waals surface area contributed by atoms with Gasteiger partial charge in [-0.2, -0.15) is 0 Å². The molecule has 0 spiro atoms. The number of aliphatic carboxylic acids is 1. The molecule has 0 aromatic rings. The van der Waals surface area contributed by atoms with E-state index in [1.54, 1.807) is 6.92 Å². The molecule has 0 aliphatic carbocycles. The summed E-state index contributed by atoms with van der Waals surface area (Å²) in [6.45, 7) is 11.0.